The van der Waals surface area contributed by atoms with E-state index in [1.165, 1.54) is 10.9 Å². The van der Waals surface area contributed by atoms with Crippen molar-refractivity contribution < 1.29 is 4.39 Å². The van der Waals surface area contributed by atoms with Crippen LogP contribution in [-0.2, 0) is 6.42 Å². The fraction of sp³-hybridized carbons (Fsp3) is 0.167. The second-order valence-corrected chi connectivity index (χ2v) is 6.41. The van der Waals surface area contributed by atoms with Gasteiger partial charge in [-0.15, -0.1) is 11.3 Å². The van der Waals surface area contributed by atoms with Gasteiger partial charge in [0.25, 0.3) is 0 Å². The van der Waals surface area contributed by atoms with Crippen molar-refractivity contribution in [2.45, 2.75) is 11.2 Å². The van der Waals surface area contributed by atoms with E-state index >= 15 is 0 Å². The molecule has 1 atom stereocenters. The summed E-state index contributed by atoms with van der Waals surface area (Å²) >= 11 is 8.76. The van der Waals surface area contributed by atoms with Crippen molar-refractivity contribution in [1.29, 1.82) is 0 Å². The third-order valence-electron chi connectivity index (χ3n) is 2.26. The zero-order valence-corrected chi connectivity index (χ0v) is 12.3. The summed E-state index contributed by atoms with van der Waals surface area (Å²) in [7, 11) is 0. The Kier molecular flexibility index (Phi) is 4.16. The molecular formula is C12H9Br2FS. The van der Waals surface area contributed by atoms with Gasteiger partial charge in [0, 0.05) is 14.2 Å². The zero-order chi connectivity index (χ0) is 11.5. The van der Waals surface area contributed by atoms with Gasteiger partial charge in [0.15, 0.2) is 0 Å². The van der Waals surface area contributed by atoms with E-state index in [0.717, 1.165) is 16.5 Å². The minimum absolute atomic E-state index is 0.135. The van der Waals surface area contributed by atoms with Crippen molar-refractivity contribution in [2.75, 3.05) is 0 Å². The summed E-state index contributed by atoms with van der Waals surface area (Å²) in [5.41, 5.74) is 0.952. The van der Waals surface area contributed by atoms with Gasteiger partial charge >= 0.3 is 0 Å². The van der Waals surface area contributed by atoms with E-state index < -0.39 is 0 Å². The van der Waals surface area contributed by atoms with Gasteiger partial charge in [-0.3, -0.25) is 0 Å². The summed E-state index contributed by atoms with van der Waals surface area (Å²) in [6.07, 6.45) is 0.875. The van der Waals surface area contributed by atoms with Crippen LogP contribution in [0.25, 0.3) is 0 Å². The van der Waals surface area contributed by atoms with Crippen LogP contribution in [0, 0.1) is 5.82 Å². The van der Waals surface area contributed by atoms with Gasteiger partial charge in [-0.1, -0.05) is 37.9 Å². The van der Waals surface area contributed by atoms with Crippen LogP contribution in [0.1, 0.15) is 15.3 Å². The summed E-state index contributed by atoms with van der Waals surface area (Å²) < 4.78 is 14.1. The van der Waals surface area contributed by atoms with Crippen molar-refractivity contribution >= 4 is 43.2 Å². The number of halogens is 3. The third-order valence-corrected chi connectivity index (χ3v) is 4.69. The van der Waals surface area contributed by atoms with Crippen molar-refractivity contribution in [3.8, 4) is 0 Å². The number of hydrogen-bond donors (Lipinski definition) is 0. The van der Waals surface area contributed by atoms with E-state index in [-0.39, 0.29) is 10.6 Å². The predicted octanol–water partition coefficient (Wildman–Crippen LogP) is 5.33. The molecule has 0 N–H and O–H groups in total. The molecule has 16 heavy (non-hydrogen) atoms. The Hall–Kier alpha value is -0.190. The van der Waals surface area contributed by atoms with Crippen LogP contribution in [0.15, 0.2) is 40.2 Å². The first-order chi connectivity index (χ1) is 7.66. The average Bonchev–Trinajstić information content (AvgIpc) is 2.74. The van der Waals surface area contributed by atoms with E-state index in [9.17, 15) is 4.39 Å². The average molecular weight is 364 g/mol. The van der Waals surface area contributed by atoms with Gasteiger partial charge in [0.2, 0.25) is 0 Å². The lowest BCUT2D eigenvalue weighted by Gasteiger charge is -2.11. The van der Waals surface area contributed by atoms with Gasteiger partial charge in [0.1, 0.15) is 5.82 Å². The molecule has 2 aromatic rings. The highest BCUT2D eigenvalue weighted by molar-refractivity contribution is 9.11. The Labute approximate surface area is 115 Å². The second kappa shape index (κ2) is 5.43. The van der Waals surface area contributed by atoms with E-state index in [0.29, 0.717) is 0 Å². The minimum Gasteiger partial charge on any atom is -0.207 e. The molecule has 0 saturated heterocycles. The first-order valence-electron chi connectivity index (χ1n) is 4.78. The molecule has 0 fully saturated rings. The molecule has 0 radical (unpaired) electrons. The summed E-state index contributed by atoms with van der Waals surface area (Å²) in [5.74, 6) is -0.200. The lowest BCUT2D eigenvalue weighted by Crippen LogP contribution is -1.95. The molecule has 1 heterocycles. The van der Waals surface area contributed by atoms with E-state index in [2.05, 4.69) is 43.3 Å². The molecule has 1 aromatic heterocycles. The molecular weight excluding hydrogens is 355 g/mol. The molecule has 1 aromatic carbocycles. The highest BCUT2D eigenvalue weighted by Gasteiger charge is 2.13. The normalized spacial score (nSPS) is 12.7. The maximum absolute atomic E-state index is 13.1. The number of rotatable bonds is 3. The zero-order valence-electron chi connectivity index (χ0n) is 8.29. The Morgan fingerprint density at radius 3 is 2.81 bits per heavy atom. The van der Waals surface area contributed by atoms with Crippen LogP contribution in [0.5, 0.6) is 0 Å². The largest absolute Gasteiger partial charge is 0.207 e. The Balaban J connectivity index is 2.20. The summed E-state index contributed by atoms with van der Waals surface area (Å²) in [6, 6.07) is 8.88. The molecule has 0 aliphatic carbocycles. The van der Waals surface area contributed by atoms with E-state index in [1.54, 1.807) is 23.5 Å². The molecule has 1 unspecified atom stereocenters. The monoisotopic (exact) mass is 362 g/mol. The number of hydrogen-bond acceptors (Lipinski definition) is 1. The standard InChI is InChI=1S/C12H9Br2FS/c13-11-4-3-8(15)6-10(11)12(14)7-9-2-1-5-16-9/h1-6,12H,7H2. The van der Waals surface area contributed by atoms with Crippen LogP contribution < -0.4 is 0 Å². The molecule has 0 bridgehead atoms. The first-order valence-corrected chi connectivity index (χ1v) is 7.37. The molecule has 0 saturated carbocycles. The maximum Gasteiger partial charge on any atom is 0.123 e. The quantitative estimate of drug-likeness (QED) is 0.646. The Morgan fingerprint density at radius 2 is 2.12 bits per heavy atom. The summed E-state index contributed by atoms with van der Waals surface area (Å²) in [5, 5.41) is 2.05. The molecule has 0 amide bonds. The number of alkyl halides is 1. The predicted molar refractivity (Wildman–Crippen MR) is 73.8 cm³/mol. The molecule has 0 aliphatic rings. The van der Waals surface area contributed by atoms with Crippen molar-refractivity contribution in [1.82, 2.24) is 0 Å². The molecule has 0 aliphatic heterocycles. The van der Waals surface area contributed by atoms with Gasteiger partial charge in [-0.25, -0.2) is 4.39 Å². The summed E-state index contributed by atoms with van der Waals surface area (Å²) in [6.45, 7) is 0. The molecule has 2 rings (SSSR count). The van der Waals surface area contributed by atoms with Gasteiger partial charge < -0.3 is 0 Å². The van der Waals surface area contributed by atoms with E-state index in [4.69, 9.17) is 0 Å². The lowest BCUT2D eigenvalue weighted by atomic mass is 10.1. The van der Waals surface area contributed by atoms with E-state index in [1.807, 2.05) is 6.07 Å². The highest BCUT2D eigenvalue weighted by Crippen LogP contribution is 2.33. The minimum atomic E-state index is -0.200. The second-order valence-electron chi connectivity index (χ2n) is 3.42. The highest BCUT2D eigenvalue weighted by atomic mass is 79.9. The number of thiophene rings is 1. The van der Waals surface area contributed by atoms with Crippen molar-refractivity contribution in [3.05, 3.63) is 56.4 Å². The van der Waals surface area contributed by atoms with Crippen LogP contribution in [0.2, 0.25) is 0 Å². The molecule has 84 valence electrons. The number of benzene rings is 1. The molecule has 0 spiro atoms. The smallest absolute Gasteiger partial charge is 0.123 e. The van der Waals surface area contributed by atoms with Crippen molar-refractivity contribution in [2.24, 2.45) is 0 Å². The molecule has 0 nitrogen and oxygen atoms in total. The fourth-order valence-electron chi connectivity index (χ4n) is 1.47. The third kappa shape index (κ3) is 2.93. The van der Waals surface area contributed by atoms with Crippen LogP contribution >= 0.6 is 43.2 Å². The van der Waals surface area contributed by atoms with Gasteiger partial charge in [-0.05, 0) is 41.6 Å². The van der Waals surface area contributed by atoms with Crippen LogP contribution in [0.3, 0.4) is 0 Å². The fourth-order valence-corrected chi connectivity index (χ4v) is 3.99. The Morgan fingerprint density at radius 1 is 1.31 bits per heavy atom. The first kappa shape index (κ1) is 12.3. The lowest BCUT2D eigenvalue weighted by molar-refractivity contribution is 0.624. The topological polar surface area (TPSA) is 0 Å². The SMILES string of the molecule is Fc1ccc(Br)c(C(Br)Cc2cccs2)c1. The summed E-state index contributed by atoms with van der Waals surface area (Å²) in [4.78, 5) is 1.43. The van der Waals surface area contributed by atoms with Crippen LogP contribution in [-0.4, -0.2) is 0 Å². The Bertz CT molecular complexity index is 468. The van der Waals surface area contributed by atoms with Crippen molar-refractivity contribution in [3.63, 3.8) is 0 Å². The molecule has 4 heteroatoms. The maximum atomic E-state index is 13.1. The van der Waals surface area contributed by atoms with Gasteiger partial charge in [0.05, 0.1) is 0 Å². The van der Waals surface area contributed by atoms with Crippen LogP contribution in [0.4, 0.5) is 4.39 Å². The van der Waals surface area contributed by atoms with Gasteiger partial charge in [-0.2, -0.15) is 0 Å².